The van der Waals surface area contributed by atoms with E-state index in [2.05, 4.69) is 10.3 Å². The lowest BCUT2D eigenvalue weighted by Crippen LogP contribution is -2.40. The van der Waals surface area contributed by atoms with E-state index in [9.17, 15) is 13.2 Å². The normalized spacial score (nSPS) is 11.8. The molecule has 0 spiro atoms. The van der Waals surface area contributed by atoms with Crippen LogP contribution in [0.25, 0.3) is 10.2 Å². The Kier molecular flexibility index (Phi) is 6.47. The van der Waals surface area contributed by atoms with Gasteiger partial charge in [0.05, 0.1) is 33.2 Å². The van der Waals surface area contributed by atoms with Gasteiger partial charge in [-0.3, -0.25) is 4.79 Å². The number of nitrogens with zero attached hydrogens (tertiary/aromatic N) is 2. The Bertz CT molecular complexity index is 1280. The van der Waals surface area contributed by atoms with Gasteiger partial charge < -0.3 is 5.32 Å². The van der Waals surface area contributed by atoms with Crippen molar-refractivity contribution in [2.75, 3.05) is 6.54 Å². The Morgan fingerprint density at radius 1 is 1.10 bits per heavy atom. The van der Waals surface area contributed by atoms with Gasteiger partial charge in [-0.05, 0) is 42.1 Å². The minimum Gasteiger partial charge on any atom is -0.350 e. The number of fused-ring (bicyclic) bond motifs is 1. The zero-order chi connectivity index (χ0) is 21.8. The van der Waals surface area contributed by atoms with Crippen molar-refractivity contribution in [2.45, 2.75) is 24.9 Å². The number of aryl methyl sites for hydroxylation is 1. The zero-order valence-corrected chi connectivity index (χ0v) is 19.3. The lowest BCUT2D eigenvalue weighted by Gasteiger charge is -2.22. The van der Waals surface area contributed by atoms with Gasteiger partial charge in [-0.25, -0.2) is 13.4 Å². The van der Waals surface area contributed by atoms with Crippen molar-refractivity contribution in [1.29, 1.82) is 0 Å². The monoisotopic (exact) mass is 471 g/mol. The van der Waals surface area contributed by atoms with E-state index in [1.165, 1.54) is 15.6 Å². The van der Waals surface area contributed by atoms with E-state index in [1.54, 1.807) is 29.5 Å². The van der Waals surface area contributed by atoms with Crippen LogP contribution in [0.2, 0.25) is 0 Å². The second-order valence-corrected chi connectivity index (χ2v) is 11.2. The topological polar surface area (TPSA) is 79.4 Å². The van der Waals surface area contributed by atoms with Gasteiger partial charge in [-0.2, -0.15) is 4.31 Å². The van der Waals surface area contributed by atoms with Crippen LogP contribution in [0.5, 0.6) is 0 Å². The van der Waals surface area contributed by atoms with Crippen molar-refractivity contribution < 1.29 is 13.2 Å². The SMILES string of the molecule is Cc1nc2ccc(S(=O)(=O)N(CC(=O)NCc3cccs3)Cc3ccccc3)cc2s1. The summed E-state index contributed by atoms with van der Waals surface area (Å²) in [6.45, 7) is 2.11. The number of thiazole rings is 1. The molecule has 2 heterocycles. The molecule has 0 saturated heterocycles. The Labute approximate surface area is 189 Å². The van der Waals surface area contributed by atoms with Crippen LogP contribution in [0.1, 0.15) is 15.4 Å². The first-order chi connectivity index (χ1) is 14.9. The molecule has 2 aromatic carbocycles. The van der Waals surface area contributed by atoms with Crippen LogP contribution in [0.4, 0.5) is 0 Å². The number of carbonyl (C=O) groups excluding carboxylic acids is 1. The van der Waals surface area contributed by atoms with E-state index >= 15 is 0 Å². The Morgan fingerprint density at radius 3 is 2.65 bits per heavy atom. The third-order valence-electron chi connectivity index (χ3n) is 4.67. The van der Waals surface area contributed by atoms with E-state index < -0.39 is 10.0 Å². The number of nitrogens with one attached hydrogen (secondary N) is 1. The highest BCUT2D eigenvalue weighted by molar-refractivity contribution is 7.89. The molecule has 31 heavy (non-hydrogen) atoms. The summed E-state index contributed by atoms with van der Waals surface area (Å²) in [7, 11) is -3.89. The second kappa shape index (κ2) is 9.27. The fraction of sp³-hybridized carbons (Fsp3) is 0.182. The molecule has 1 N–H and O–H groups in total. The number of hydrogen-bond acceptors (Lipinski definition) is 6. The van der Waals surface area contributed by atoms with Crippen molar-refractivity contribution in [2.24, 2.45) is 0 Å². The predicted molar refractivity (Wildman–Crippen MR) is 125 cm³/mol. The van der Waals surface area contributed by atoms with Crippen molar-refractivity contribution in [3.05, 3.63) is 81.5 Å². The number of carbonyl (C=O) groups is 1. The third kappa shape index (κ3) is 5.19. The molecule has 4 aromatic rings. The number of thiophene rings is 1. The molecular weight excluding hydrogens is 450 g/mol. The highest BCUT2D eigenvalue weighted by Gasteiger charge is 2.27. The van der Waals surface area contributed by atoms with Crippen LogP contribution in [0.15, 0.2) is 70.9 Å². The van der Waals surface area contributed by atoms with E-state index in [-0.39, 0.29) is 23.9 Å². The molecule has 0 radical (unpaired) electrons. The largest absolute Gasteiger partial charge is 0.350 e. The van der Waals surface area contributed by atoms with E-state index in [4.69, 9.17) is 0 Å². The number of sulfonamides is 1. The summed E-state index contributed by atoms with van der Waals surface area (Å²) >= 11 is 2.99. The fourth-order valence-electron chi connectivity index (χ4n) is 3.16. The van der Waals surface area contributed by atoms with Crippen molar-refractivity contribution in [3.63, 3.8) is 0 Å². The maximum Gasteiger partial charge on any atom is 0.243 e. The first-order valence-corrected chi connectivity index (χ1v) is 12.8. The standard InChI is InChI=1S/C22H21N3O3S3/c1-16-24-20-10-9-19(12-21(20)30-16)31(27,28)25(14-17-6-3-2-4-7-17)15-22(26)23-13-18-8-5-11-29-18/h2-12H,13-15H2,1H3,(H,23,26). The molecular formula is C22H21N3O3S3. The van der Waals surface area contributed by atoms with E-state index in [0.29, 0.717) is 6.54 Å². The van der Waals surface area contributed by atoms with Crippen LogP contribution >= 0.6 is 22.7 Å². The number of hydrogen-bond donors (Lipinski definition) is 1. The first kappa shape index (κ1) is 21.6. The number of rotatable bonds is 8. The van der Waals surface area contributed by atoms with Crippen LogP contribution < -0.4 is 5.32 Å². The van der Waals surface area contributed by atoms with Gasteiger partial charge in [0, 0.05) is 11.4 Å². The average molecular weight is 472 g/mol. The summed E-state index contributed by atoms with van der Waals surface area (Å²) in [6, 6.07) is 18.0. The number of aromatic nitrogens is 1. The fourth-order valence-corrected chi connectivity index (χ4v) is 6.15. The van der Waals surface area contributed by atoms with Gasteiger partial charge in [0.1, 0.15) is 0 Å². The molecule has 6 nitrogen and oxygen atoms in total. The van der Waals surface area contributed by atoms with Crippen LogP contribution in [-0.4, -0.2) is 30.2 Å². The Balaban J connectivity index is 1.60. The van der Waals surface area contributed by atoms with Gasteiger partial charge in [-0.1, -0.05) is 36.4 Å². The predicted octanol–water partition coefficient (Wildman–Crippen LogP) is 4.17. The molecule has 0 aliphatic rings. The summed E-state index contributed by atoms with van der Waals surface area (Å²) in [5.74, 6) is -0.345. The lowest BCUT2D eigenvalue weighted by atomic mass is 10.2. The maximum atomic E-state index is 13.5. The molecule has 160 valence electrons. The molecule has 0 unspecified atom stereocenters. The van der Waals surface area contributed by atoms with Gasteiger partial charge >= 0.3 is 0 Å². The quantitative estimate of drug-likeness (QED) is 0.418. The number of benzene rings is 2. The average Bonchev–Trinajstić information content (AvgIpc) is 3.40. The summed E-state index contributed by atoms with van der Waals surface area (Å²) in [4.78, 5) is 18.2. The summed E-state index contributed by atoms with van der Waals surface area (Å²) in [5.41, 5.74) is 1.58. The van der Waals surface area contributed by atoms with Gasteiger partial charge in [0.25, 0.3) is 0 Å². The molecule has 0 bridgehead atoms. The van der Waals surface area contributed by atoms with Gasteiger partial charge in [0.2, 0.25) is 15.9 Å². The number of amides is 1. The molecule has 0 atom stereocenters. The van der Waals surface area contributed by atoms with E-state index in [0.717, 1.165) is 25.7 Å². The van der Waals surface area contributed by atoms with Crippen LogP contribution in [0.3, 0.4) is 0 Å². The van der Waals surface area contributed by atoms with Crippen molar-refractivity contribution in [1.82, 2.24) is 14.6 Å². The molecule has 0 aliphatic carbocycles. The van der Waals surface area contributed by atoms with Crippen molar-refractivity contribution in [3.8, 4) is 0 Å². The zero-order valence-electron chi connectivity index (χ0n) is 16.8. The van der Waals surface area contributed by atoms with Gasteiger partial charge in [-0.15, -0.1) is 22.7 Å². The Morgan fingerprint density at radius 2 is 1.90 bits per heavy atom. The smallest absolute Gasteiger partial charge is 0.243 e. The Hall–Kier alpha value is -2.59. The minimum atomic E-state index is -3.89. The molecule has 1 amide bonds. The van der Waals surface area contributed by atoms with Crippen LogP contribution in [-0.2, 0) is 27.9 Å². The molecule has 4 rings (SSSR count). The second-order valence-electron chi connectivity index (χ2n) is 6.98. The lowest BCUT2D eigenvalue weighted by molar-refractivity contribution is -0.121. The molecule has 0 saturated carbocycles. The molecule has 0 aliphatic heterocycles. The summed E-state index contributed by atoms with van der Waals surface area (Å²) in [6.07, 6.45) is 0. The van der Waals surface area contributed by atoms with Gasteiger partial charge in [0.15, 0.2) is 0 Å². The highest BCUT2D eigenvalue weighted by Crippen LogP contribution is 2.27. The summed E-state index contributed by atoms with van der Waals surface area (Å²) < 4.78 is 29.0. The van der Waals surface area contributed by atoms with Crippen molar-refractivity contribution >= 4 is 48.8 Å². The van der Waals surface area contributed by atoms with E-state index in [1.807, 2.05) is 54.8 Å². The minimum absolute atomic E-state index is 0.106. The maximum absolute atomic E-state index is 13.5. The summed E-state index contributed by atoms with van der Waals surface area (Å²) in [5, 5.41) is 5.62. The highest BCUT2D eigenvalue weighted by atomic mass is 32.2. The third-order valence-corrected chi connectivity index (χ3v) is 8.26. The first-order valence-electron chi connectivity index (χ1n) is 9.62. The molecule has 0 fully saturated rings. The van der Waals surface area contributed by atoms with Crippen LogP contribution in [0, 0.1) is 6.92 Å². The molecule has 9 heteroatoms. The molecule has 2 aromatic heterocycles.